The van der Waals surface area contributed by atoms with Crippen LogP contribution in [0, 0.1) is 44.0 Å². The van der Waals surface area contributed by atoms with Gasteiger partial charge in [-0.05, 0) is 50.6 Å². The van der Waals surface area contributed by atoms with E-state index in [-0.39, 0.29) is 22.0 Å². The average Bonchev–Trinajstić information content (AvgIpc) is 2.93. The van der Waals surface area contributed by atoms with Crippen LogP contribution in [-0.4, -0.2) is 4.57 Å². The summed E-state index contributed by atoms with van der Waals surface area (Å²) in [4.78, 5) is 0. The fourth-order valence-electron chi connectivity index (χ4n) is 3.36. The largest absolute Gasteiger partial charge is 0.306 e. The minimum atomic E-state index is -1.23. The lowest BCUT2D eigenvalue weighted by atomic mass is 10.1. The standard InChI is InChI=1S/C21H15F4N/c1-10-4-6-13(7-5-10)26-16-9-15(22)11(2)8-14(16)17-18(23)12(3)19(24)20(25)21(17)26/h4-9H,1-3H3. The SMILES string of the molecule is Cc1ccc(-n2c3cc(F)c(C)cc3c3c(F)c(C)c(F)c(F)c32)cc1. The molecule has 0 aliphatic rings. The Morgan fingerprint density at radius 1 is 0.769 bits per heavy atom. The van der Waals surface area contributed by atoms with Crippen LogP contribution in [0.3, 0.4) is 0 Å². The van der Waals surface area contributed by atoms with Crippen molar-refractivity contribution in [1.82, 2.24) is 4.57 Å². The van der Waals surface area contributed by atoms with E-state index in [1.165, 1.54) is 23.6 Å². The zero-order valence-corrected chi connectivity index (χ0v) is 14.4. The molecule has 0 radical (unpaired) electrons. The Hall–Kier alpha value is -2.82. The highest BCUT2D eigenvalue weighted by Gasteiger charge is 2.25. The van der Waals surface area contributed by atoms with Crippen molar-refractivity contribution in [1.29, 1.82) is 0 Å². The smallest absolute Gasteiger partial charge is 0.183 e. The van der Waals surface area contributed by atoms with E-state index in [1.807, 2.05) is 6.92 Å². The summed E-state index contributed by atoms with van der Waals surface area (Å²) in [6.45, 7) is 4.63. The monoisotopic (exact) mass is 357 g/mol. The number of aromatic nitrogens is 1. The van der Waals surface area contributed by atoms with Gasteiger partial charge in [-0.3, -0.25) is 0 Å². The number of aryl methyl sites for hydroxylation is 2. The van der Waals surface area contributed by atoms with Crippen LogP contribution in [-0.2, 0) is 0 Å². The first-order chi connectivity index (χ1) is 12.3. The average molecular weight is 357 g/mol. The molecular weight excluding hydrogens is 342 g/mol. The zero-order chi connectivity index (χ0) is 18.7. The van der Waals surface area contributed by atoms with Crippen LogP contribution in [0.25, 0.3) is 27.5 Å². The zero-order valence-electron chi connectivity index (χ0n) is 14.4. The number of halogens is 4. The molecule has 0 N–H and O–H groups in total. The predicted octanol–water partition coefficient (Wildman–Crippen LogP) is 6.27. The Bertz CT molecular complexity index is 1190. The number of rotatable bonds is 1. The van der Waals surface area contributed by atoms with Crippen LogP contribution in [0.4, 0.5) is 17.6 Å². The molecule has 132 valence electrons. The van der Waals surface area contributed by atoms with Gasteiger partial charge in [-0.2, -0.15) is 0 Å². The summed E-state index contributed by atoms with van der Waals surface area (Å²) >= 11 is 0. The van der Waals surface area contributed by atoms with Crippen molar-refractivity contribution >= 4 is 21.8 Å². The van der Waals surface area contributed by atoms with Gasteiger partial charge in [0.15, 0.2) is 11.6 Å². The third-order valence-electron chi connectivity index (χ3n) is 4.82. The molecule has 0 bridgehead atoms. The predicted molar refractivity (Wildman–Crippen MR) is 94.8 cm³/mol. The Morgan fingerprint density at radius 2 is 1.42 bits per heavy atom. The quantitative estimate of drug-likeness (QED) is 0.280. The highest BCUT2D eigenvalue weighted by atomic mass is 19.2. The Kier molecular flexibility index (Phi) is 3.58. The van der Waals surface area contributed by atoms with E-state index in [4.69, 9.17) is 0 Å². The molecule has 0 aliphatic carbocycles. The van der Waals surface area contributed by atoms with Gasteiger partial charge in [0, 0.05) is 22.0 Å². The van der Waals surface area contributed by atoms with Gasteiger partial charge in [0.2, 0.25) is 0 Å². The van der Waals surface area contributed by atoms with Crippen molar-refractivity contribution in [2.75, 3.05) is 0 Å². The van der Waals surface area contributed by atoms with Gasteiger partial charge in [0.1, 0.15) is 11.6 Å². The lowest BCUT2D eigenvalue weighted by Gasteiger charge is -2.10. The van der Waals surface area contributed by atoms with E-state index in [9.17, 15) is 17.6 Å². The maximum Gasteiger partial charge on any atom is 0.183 e. The number of fused-ring (bicyclic) bond motifs is 3. The molecule has 0 atom stereocenters. The second kappa shape index (κ2) is 5.59. The molecular formula is C21H15F4N. The van der Waals surface area contributed by atoms with Crippen LogP contribution in [0.5, 0.6) is 0 Å². The van der Waals surface area contributed by atoms with Crippen LogP contribution < -0.4 is 0 Å². The molecule has 1 heterocycles. The summed E-state index contributed by atoms with van der Waals surface area (Å²) in [5.41, 5.74) is 1.46. The molecule has 0 unspecified atom stereocenters. The van der Waals surface area contributed by atoms with Crippen molar-refractivity contribution < 1.29 is 17.6 Å². The molecule has 0 aliphatic heterocycles. The van der Waals surface area contributed by atoms with Crippen LogP contribution in [0.1, 0.15) is 16.7 Å². The lowest BCUT2D eigenvalue weighted by Crippen LogP contribution is -2.01. The number of nitrogens with zero attached hydrogens (tertiary/aromatic N) is 1. The van der Waals surface area contributed by atoms with Gasteiger partial charge in [0.05, 0.1) is 11.0 Å². The first kappa shape index (κ1) is 16.6. The second-order valence-electron chi connectivity index (χ2n) is 6.58. The molecule has 26 heavy (non-hydrogen) atoms. The summed E-state index contributed by atoms with van der Waals surface area (Å²) in [5.74, 6) is -3.70. The molecule has 1 aromatic heterocycles. The van der Waals surface area contributed by atoms with E-state index < -0.39 is 23.3 Å². The molecule has 0 spiro atoms. The molecule has 5 heteroatoms. The molecule has 0 saturated carbocycles. The van der Waals surface area contributed by atoms with Crippen molar-refractivity contribution in [3.05, 3.63) is 76.4 Å². The Morgan fingerprint density at radius 3 is 2.08 bits per heavy atom. The van der Waals surface area contributed by atoms with Gasteiger partial charge >= 0.3 is 0 Å². The summed E-state index contributed by atoms with van der Waals surface area (Å²) in [7, 11) is 0. The van der Waals surface area contributed by atoms with Crippen LogP contribution in [0.2, 0.25) is 0 Å². The van der Waals surface area contributed by atoms with Crippen molar-refractivity contribution in [2.24, 2.45) is 0 Å². The molecule has 1 nitrogen and oxygen atoms in total. The van der Waals surface area contributed by atoms with Crippen molar-refractivity contribution in [3.8, 4) is 5.69 Å². The minimum Gasteiger partial charge on any atom is -0.306 e. The van der Waals surface area contributed by atoms with E-state index in [0.717, 1.165) is 5.56 Å². The first-order valence-corrected chi connectivity index (χ1v) is 8.15. The fraction of sp³-hybridized carbons (Fsp3) is 0.143. The van der Waals surface area contributed by atoms with E-state index in [1.54, 1.807) is 31.2 Å². The third-order valence-corrected chi connectivity index (χ3v) is 4.82. The summed E-state index contributed by atoms with van der Waals surface area (Å²) < 4.78 is 59.6. The number of hydrogen-bond acceptors (Lipinski definition) is 0. The minimum absolute atomic E-state index is 0.0416. The van der Waals surface area contributed by atoms with E-state index in [2.05, 4.69) is 0 Å². The maximum atomic E-state index is 14.9. The molecule has 4 rings (SSSR count). The summed E-state index contributed by atoms with van der Waals surface area (Å²) in [5, 5.41) is 0.305. The molecule has 0 saturated heterocycles. The highest BCUT2D eigenvalue weighted by molar-refractivity contribution is 6.10. The molecule has 4 aromatic rings. The van der Waals surface area contributed by atoms with Gasteiger partial charge in [-0.25, -0.2) is 17.6 Å². The number of benzene rings is 3. The lowest BCUT2D eigenvalue weighted by molar-refractivity contribution is 0.495. The Balaban J connectivity index is 2.31. The fourth-order valence-corrected chi connectivity index (χ4v) is 3.36. The molecule has 3 aromatic carbocycles. The van der Waals surface area contributed by atoms with E-state index in [0.29, 0.717) is 16.6 Å². The number of hydrogen-bond donors (Lipinski definition) is 0. The third kappa shape index (κ3) is 2.16. The normalized spacial score (nSPS) is 11.7. The van der Waals surface area contributed by atoms with Crippen molar-refractivity contribution in [3.63, 3.8) is 0 Å². The van der Waals surface area contributed by atoms with Crippen molar-refractivity contribution in [2.45, 2.75) is 20.8 Å². The molecule has 0 amide bonds. The first-order valence-electron chi connectivity index (χ1n) is 8.15. The van der Waals surface area contributed by atoms with Gasteiger partial charge in [0.25, 0.3) is 0 Å². The van der Waals surface area contributed by atoms with Crippen LogP contribution in [0.15, 0.2) is 36.4 Å². The van der Waals surface area contributed by atoms with Gasteiger partial charge < -0.3 is 4.57 Å². The topological polar surface area (TPSA) is 4.93 Å². The second-order valence-corrected chi connectivity index (χ2v) is 6.58. The van der Waals surface area contributed by atoms with Crippen LogP contribution >= 0.6 is 0 Å². The Labute approximate surface area is 147 Å². The molecule has 0 fully saturated rings. The van der Waals surface area contributed by atoms with E-state index >= 15 is 0 Å². The highest BCUT2D eigenvalue weighted by Crippen LogP contribution is 2.38. The van der Waals surface area contributed by atoms with Gasteiger partial charge in [-0.1, -0.05) is 17.7 Å². The maximum absolute atomic E-state index is 14.9. The summed E-state index contributed by atoms with van der Waals surface area (Å²) in [6.07, 6.45) is 0. The summed E-state index contributed by atoms with van der Waals surface area (Å²) in [6, 6.07) is 9.73. The van der Waals surface area contributed by atoms with Gasteiger partial charge in [-0.15, -0.1) is 0 Å².